The summed E-state index contributed by atoms with van der Waals surface area (Å²) in [5.74, 6) is 0.893. The molecular weight excluding hydrogens is 358 g/mol. The van der Waals surface area contributed by atoms with Gasteiger partial charge < -0.3 is 14.8 Å². The molecule has 2 heterocycles. The highest BCUT2D eigenvalue weighted by Gasteiger charge is 2.30. The predicted molar refractivity (Wildman–Crippen MR) is 107 cm³/mol. The van der Waals surface area contributed by atoms with E-state index in [2.05, 4.69) is 9.88 Å². The first-order valence-corrected chi connectivity index (χ1v) is 9.89. The highest BCUT2D eigenvalue weighted by Crippen LogP contribution is 2.32. The van der Waals surface area contributed by atoms with Gasteiger partial charge in [0.2, 0.25) is 5.88 Å². The van der Waals surface area contributed by atoms with E-state index in [9.17, 15) is 14.7 Å². The van der Waals surface area contributed by atoms with Crippen molar-refractivity contribution in [2.75, 3.05) is 19.7 Å². The fourth-order valence-corrected chi connectivity index (χ4v) is 3.74. The fourth-order valence-electron chi connectivity index (χ4n) is 3.74. The Labute approximate surface area is 164 Å². The lowest BCUT2D eigenvalue weighted by Gasteiger charge is -2.25. The highest BCUT2D eigenvalue weighted by atomic mass is 16.5. The predicted octanol–water partition coefficient (Wildman–Crippen LogP) is 3.27. The third-order valence-corrected chi connectivity index (χ3v) is 5.25. The van der Waals surface area contributed by atoms with Crippen LogP contribution in [0.25, 0.3) is 0 Å². The minimum absolute atomic E-state index is 0.0375. The summed E-state index contributed by atoms with van der Waals surface area (Å²) < 4.78 is 7.25. The quantitative estimate of drug-likeness (QED) is 0.536. The van der Waals surface area contributed by atoms with Crippen LogP contribution in [0.3, 0.4) is 0 Å². The molecule has 0 bridgehead atoms. The van der Waals surface area contributed by atoms with Crippen LogP contribution in [-0.2, 0) is 0 Å². The summed E-state index contributed by atoms with van der Waals surface area (Å²) >= 11 is 0. The second kappa shape index (κ2) is 8.65. The van der Waals surface area contributed by atoms with Gasteiger partial charge in [0.05, 0.1) is 18.5 Å². The van der Waals surface area contributed by atoms with Crippen LogP contribution in [0.2, 0.25) is 0 Å². The number of imidazole rings is 1. The number of H-pyrrole nitrogens is 1. The number of ether oxygens (including phenoxy) is 1. The number of nitrogens with zero attached hydrogens (tertiary/aromatic N) is 2. The molecule has 28 heavy (non-hydrogen) atoms. The molecular formula is C21H29N3O4. The van der Waals surface area contributed by atoms with Gasteiger partial charge in [-0.2, -0.15) is 0 Å². The standard InChI is InChI=1S/C21H29N3O4/c1-14(2)19-20(26)24(21(27)22-19)18-6-4-11-23(18)12-5-13-28-17-9-7-16(8-10-17)15(3)25/h7-10,14,18,26H,4-6,11-13H2,1-3H3,(H,22,27). The molecule has 1 aromatic carbocycles. The number of Topliss-reactive ketones (excluding diaryl/α,β-unsaturated/α-hetero) is 1. The first kappa shape index (κ1) is 20.2. The molecule has 2 aromatic rings. The van der Waals surface area contributed by atoms with Gasteiger partial charge in [-0.25, -0.2) is 9.36 Å². The minimum Gasteiger partial charge on any atom is -0.494 e. The van der Waals surface area contributed by atoms with Gasteiger partial charge in [-0.15, -0.1) is 0 Å². The number of ketones is 1. The van der Waals surface area contributed by atoms with E-state index < -0.39 is 0 Å². The first-order valence-electron chi connectivity index (χ1n) is 9.89. The van der Waals surface area contributed by atoms with Crippen molar-refractivity contribution in [3.8, 4) is 11.6 Å². The molecule has 0 amide bonds. The molecule has 1 atom stereocenters. The lowest BCUT2D eigenvalue weighted by Crippen LogP contribution is -2.33. The van der Waals surface area contributed by atoms with Crippen molar-refractivity contribution in [1.29, 1.82) is 0 Å². The number of likely N-dealkylation sites (tertiary alicyclic amines) is 1. The first-order chi connectivity index (χ1) is 13.4. The Morgan fingerprint density at radius 3 is 2.64 bits per heavy atom. The normalized spacial score (nSPS) is 17.4. The highest BCUT2D eigenvalue weighted by molar-refractivity contribution is 5.94. The summed E-state index contributed by atoms with van der Waals surface area (Å²) in [4.78, 5) is 28.7. The molecule has 0 radical (unpaired) electrons. The Hall–Kier alpha value is -2.54. The monoisotopic (exact) mass is 387 g/mol. The number of hydrogen-bond donors (Lipinski definition) is 2. The van der Waals surface area contributed by atoms with Crippen LogP contribution in [0.4, 0.5) is 0 Å². The molecule has 1 fully saturated rings. The van der Waals surface area contributed by atoms with Crippen LogP contribution in [0.15, 0.2) is 29.1 Å². The van der Waals surface area contributed by atoms with E-state index in [0.29, 0.717) is 17.9 Å². The summed E-state index contributed by atoms with van der Waals surface area (Å²) in [5.41, 5.74) is 1.01. The van der Waals surface area contributed by atoms with Crippen LogP contribution in [0.1, 0.15) is 68.2 Å². The van der Waals surface area contributed by atoms with Crippen LogP contribution < -0.4 is 10.4 Å². The number of hydrogen-bond acceptors (Lipinski definition) is 5. The number of rotatable bonds is 8. The molecule has 0 aliphatic carbocycles. The van der Waals surface area contributed by atoms with Crippen LogP contribution in [0.5, 0.6) is 11.6 Å². The average Bonchev–Trinajstić information content (AvgIpc) is 3.22. The molecule has 0 spiro atoms. The largest absolute Gasteiger partial charge is 0.494 e. The molecule has 1 unspecified atom stereocenters. The zero-order chi connectivity index (χ0) is 20.3. The van der Waals surface area contributed by atoms with E-state index in [4.69, 9.17) is 4.74 Å². The number of carbonyl (C=O) groups excluding carboxylic acids is 1. The van der Waals surface area contributed by atoms with Gasteiger partial charge in [-0.3, -0.25) is 9.69 Å². The number of carbonyl (C=O) groups is 1. The van der Waals surface area contributed by atoms with Gasteiger partial charge in [-0.05, 0) is 56.4 Å². The van der Waals surface area contributed by atoms with Gasteiger partial charge in [0.25, 0.3) is 0 Å². The topological polar surface area (TPSA) is 87.6 Å². The van der Waals surface area contributed by atoms with E-state index in [0.717, 1.165) is 38.1 Å². The molecule has 1 aromatic heterocycles. The lowest BCUT2D eigenvalue weighted by atomic mass is 10.1. The second-order valence-corrected chi connectivity index (χ2v) is 7.63. The van der Waals surface area contributed by atoms with Crippen molar-refractivity contribution in [2.24, 2.45) is 0 Å². The third-order valence-electron chi connectivity index (χ3n) is 5.25. The summed E-state index contributed by atoms with van der Waals surface area (Å²) in [7, 11) is 0. The average molecular weight is 387 g/mol. The summed E-state index contributed by atoms with van der Waals surface area (Å²) in [5, 5.41) is 10.5. The van der Waals surface area contributed by atoms with E-state index in [-0.39, 0.29) is 29.4 Å². The molecule has 7 heteroatoms. The molecule has 7 nitrogen and oxygen atoms in total. The van der Waals surface area contributed by atoms with Crippen molar-refractivity contribution < 1.29 is 14.6 Å². The second-order valence-electron chi connectivity index (χ2n) is 7.63. The number of aromatic amines is 1. The Morgan fingerprint density at radius 2 is 2.04 bits per heavy atom. The SMILES string of the molecule is CC(=O)c1ccc(OCCCN2CCCC2n2c(O)c(C(C)C)[nH]c2=O)cc1. The number of benzene rings is 1. The van der Waals surface area contributed by atoms with Crippen molar-refractivity contribution in [2.45, 2.75) is 52.1 Å². The molecule has 3 rings (SSSR count). The van der Waals surface area contributed by atoms with Crippen LogP contribution in [0, 0.1) is 0 Å². The molecule has 1 saturated heterocycles. The number of nitrogens with one attached hydrogen (secondary N) is 1. The lowest BCUT2D eigenvalue weighted by molar-refractivity contribution is 0.101. The third kappa shape index (κ3) is 4.30. The zero-order valence-corrected chi connectivity index (χ0v) is 16.8. The zero-order valence-electron chi connectivity index (χ0n) is 16.8. The molecule has 0 saturated carbocycles. The van der Waals surface area contributed by atoms with E-state index in [1.165, 1.54) is 4.57 Å². The molecule has 152 valence electrons. The van der Waals surface area contributed by atoms with Crippen molar-refractivity contribution in [3.05, 3.63) is 46.0 Å². The maximum Gasteiger partial charge on any atom is 0.329 e. The fraction of sp³-hybridized carbons (Fsp3) is 0.524. The van der Waals surface area contributed by atoms with Gasteiger partial charge in [0, 0.05) is 18.7 Å². The Kier molecular flexibility index (Phi) is 6.24. The summed E-state index contributed by atoms with van der Waals surface area (Å²) in [6, 6.07) is 7.14. The smallest absolute Gasteiger partial charge is 0.329 e. The van der Waals surface area contributed by atoms with Crippen molar-refractivity contribution >= 4 is 5.78 Å². The number of aromatic hydroxyl groups is 1. The van der Waals surface area contributed by atoms with Crippen molar-refractivity contribution in [3.63, 3.8) is 0 Å². The van der Waals surface area contributed by atoms with Gasteiger partial charge in [-0.1, -0.05) is 13.8 Å². The molecule has 1 aliphatic rings. The van der Waals surface area contributed by atoms with E-state index in [1.807, 2.05) is 13.8 Å². The number of aromatic nitrogens is 2. The summed E-state index contributed by atoms with van der Waals surface area (Å²) in [6.07, 6.45) is 2.52. The van der Waals surface area contributed by atoms with Crippen LogP contribution >= 0.6 is 0 Å². The van der Waals surface area contributed by atoms with E-state index >= 15 is 0 Å². The molecule has 2 N–H and O–H groups in total. The van der Waals surface area contributed by atoms with Crippen LogP contribution in [-0.4, -0.2) is 45.0 Å². The maximum atomic E-state index is 12.4. The Morgan fingerprint density at radius 1 is 1.32 bits per heavy atom. The van der Waals surface area contributed by atoms with E-state index in [1.54, 1.807) is 31.2 Å². The minimum atomic E-state index is -0.250. The van der Waals surface area contributed by atoms with Gasteiger partial charge in [0.1, 0.15) is 5.75 Å². The van der Waals surface area contributed by atoms with Gasteiger partial charge >= 0.3 is 5.69 Å². The maximum absolute atomic E-state index is 12.4. The Balaban J connectivity index is 1.56. The Bertz CT molecular complexity index is 867. The summed E-state index contributed by atoms with van der Waals surface area (Å²) in [6.45, 7) is 7.66. The van der Waals surface area contributed by atoms with Crippen molar-refractivity contribution in [1.82, 2.24) is 14.5 Å². The van der Waals surface area contributed by atoms with Gasteiger partial charge in [0.15, 0.2) is 5.78 Å². The molecule has 1 aliphatic heterocycles.